The van der Waals surface area contributed by atoms with E-state index in [0.717, 1.165) is 38.5 Å². The average molecular weight is 267 g/mol. The van der Waals surface area contributed by atoms with Crippen molar-refractivity contribution in [1.82, 2.24) is 25.2 Å². The summed E-state index contributed by atoms with van der Waals surface area (Å²) in [5.74, 6) is 0. The van der Waals surface area contributed by atoms with Gasteiger partial charge in [-0.05, 0) is 19.4 Å². The van der Waals surface area contributed by atoms with E-state index in [2.05, 4.69) is 20.5 Å². The van der Waals surface area contributed by atoms with E-state index >= 15 is 0 Å². The van der Waals surface area contributed by atoms with Crippen LogP contribution in [0.1, 0.15) is 25.0 Å². The van der Waals surface area contributed by atoms with Crippen LogP contribution in [-0.2, 0) is 18.3 Å². The molecule has 1 unspecified atom stereocenters. The van der Waals surface area contributed by atoms with Crippen molar-refractivity contribution in [2.45, 2.75) is 31.8 Å². The summed E-state index contributed by atoms with van der Waals surface area (Å²) in [6.45, 7) is 4.80. The van der Waals surface area contributed by atoms with Gasteiger partial charge in [0.05, 0.1) is 12.3 Å². The highest BCUT2D eigenvalue weighted by Crippen LogP contribution is 2.18. The molecule has 0 bridgehead atoms. The maximum atomic E-state index is 5.06. The van der Waals surface area contributed by atoms with Crippen molar-refractivity contribution >= 4 is 0 Å². The maximum Gasteiger partial charge on any atom is 0.0967 e. The van der Waals surface area contributed by atoms with Crippen LogP contribution in [0.3, 0.4) is 0 Å². The molecule has 0 amide bonds. The van der Waals surface area contributed by atoms with Gasteiger partial charge in [0.1, 0.15) is 0 Å². The van der Waals surface area contributed by atoms with Crippen molar-refractivity contribution in [2.75, 3.05) is 33.4 Å². The van der Waals surface area contributed by atoms with Crippen molar-refractivity contribution in [1.29, 1.82) is 0 Å². The lowest BCUT2D eigenvalue weighted by atomic mass is 10.0. The van der Waals surface area contributed by atoms with E-state index in [1.807, 2.05) is 13.2 Å². The normalized spacial score (nSPS) is 20.8. The third kappa shape index (κ3) is 4.56. The second-order valence-corrected chi connectivity index (χ2v) is 5.20. The van der Waals surface area contributed by atoms with E-state index < -0.39 is 0 Å². The molecule has 1 saturated heterocycles. The molecule has 0 spiro atoms. The summed E-state index contributed by atoms with van der Waals surface area (Å²) in [6, 6.07) is 0.604. The molecule has 19 heavy (non-hydrogen) atoms. The first kappa shape index (κ1) is 14.4. The smallest absolute Gasteiger partial charge is 0.0967 e. The van der Waals surface area contributed by atoms with E-state index in [9.17, 15) is 0 Å². The van der Waals surface area contributed by atoms with Crippen molar-refractivity contribution < 1.29 is 4.74 Å². The second kappa shape index (κ2) is 7.57. The van der Waals surface area contributed by atoms with E-state index in [0.29, 0.717) is 6.04 Å². The van der Waals surface area contributed by atoms with Crippen LogP contribution >= 0.6 is 0 Å². The van der Waals surface area contributed by atoms with Gasteiger partial charge in [-0.2, -0.15) is 0 Å². The lowest BCUT2D eigenvalue weighted by Crippen LogP contribution is -2.45. The zero-order valence-corrected chi connectivity index (χ0v) is 12.0. The van der Waals surface area contributed by atoms with E-state index in [4.69, 9.17) is 4.74 Å². The zero-order chi connectivity index (χ0) is 13.5. The number of methoxy groups -OCH3 is 1. The van der Waals surface area contributed by atoms with E-state index in [-0.39, 0.29) is 0 Å². The van der Waals surface area contributed by atoms with Crippen LogP contribution in [0.4, 0.5) is 0 Å². The number of likely N-dealkylation sites (tertiary alicyclic amines) is 1. The van der Waals surface area contributed by atoms with Gasteiger partial charge in [0.15, 0.2) is 0 Å². The topological polar surface area (TPSA) is 55.2 Å². The van der Waals surface area contributed by atoms with Crippen LogP contribution in [0, 0.1) is 0 Å². The molecule has 2 heterocycles. The van der Waals surface area contributed by atoms with Gasteiger partial charge in [-0.1, -0.05) is 11.6 Å². The first-order valence-corrected chi connectivity index (χ1v) is 7.08. The average Bonchev–Trinajstić information content (AvgIpc) is 2.82. The Bertz CT molecular complexity index is 368. The van der Waals surface area contributed by atoms with Crippen LogP contribution in [0.2, 0.25) is 0 Å². The number of aryl methyl sites for hydroxylation is 1. The molecule has 1 aromatic rings. The van der Waals surface area contributed by atoms with Crippen molar-refractivity contribution in [3.63, 3.8) is 0 Å². The minimum absolute atomic E-state index is 0.604. The quantitative estimate of drug-likeness (QED) is 0.725. The van der Waals surface area contributed by atoms with Crippen LogP contribution in [0.15, 0.2) is 6.20 Å². The van der Waals surface area contributed by atoms with Crippen molar-refractivity contribution in [2.24, 2.45) is 7.05 Å². The monoisotopic (exact) mass is 267 g/mol. The molecule has 1 aliphatic heterocycles. The molecule has 0 radical (unpaired) electrons. The molecular weight excluding hydrogens is 242 g/mol. The molecule has 6 heteroatoms. The van der Waals surface area contributed by atoms with Crippen LogP contribution in [-0.4, -0.2) is 59.3 Å². The summed E-state index contributed by atoms with van der Waals surface area (Å²) >= 11 is 0. The minimum atomic E-state index is 0.604. The van der Waals surface area contributed by atoms with Gasteiger partial charge < -0.3 is 10.1 Å². The summed E-state index contributed by atoms with van der Waals surface area (Å²) in [5.41, 5.74) is 1.06. The molecule has 0 saturated carbocycles. The number of hydrogen-bond acceptors (Lipinski definition) is 5. The Morgan fingerprint density at radius 1 is 1.47 bits per heavy atom. The first-order valence-electron chi connectivity index (χ1n) is 7.08. The fourth-order valence-electron chi connectivity index (χ4n) is 2.62. The number of piperidine rings is 1. The van der Waals surface area contributed by atoms with Crippen LogP contribution in [0.25, 0.3) is 0 Å². The van der Waals surface area contributed by atoms with Crippen LogP contribution in [0.5, 0.6) is 0 Å². The minimum Gasteiger partial charge on any atom is -0.383 e. The molecule has 1 N–H and O–H groups in total. The highest BCUT2D eigenvalue weighted by atomic mass is 16.5. The molecule has 0 aliphatic carbocycles. The van der Waals surface area contributed by atoms with Gasteiger partial charge in [0, 0.05) is 46.0 Å². The van der Waals surface area contributed by atoms with Gasteiger partial charge in [0.25, 0.3) is 0 Å². The molecular formula is C13H25N5O. The lowest BCUT2D eigenvalue weighted by Gasteiger charge is -2.35. The molecule has 108 valence electrons. The summed E-state index contributed by atoms with van der Waals surface area (Å²) in [5, 5.41) is 11.7. The fourth-order valence-corrected chi connectivity index (χ4v) is 2.62. The number of hydrogen-bond donors (Lipinski definition) is 1. The van der Waals surface area contributed by atoms with Gasteiger partial charge in [-0.3, -0.25) is 9.58 Å². The van der Waals surface area contributed by atoms with Crippen LogP contribution < -0.4 is 5.32 Å². The summed E-state index contributed by atoms with van der Waals surface area (Å²) < 4.78 is 6.83. The molecule has 2 rings (SSSR count). The number of aromatic nitrogens is 3. The van der Waals surface area contributed by atoms with Crippen molar-refractivity contribution in [3.05, 3.63) is 11.9 Å². The second-order valence-electron chi connectivity index (χ2n) is 5.20. The Morgan fingerprint density at radius 3 is 3.11 bits per heavy atom. The fraction of sp³-hybridized carbons (Fsp3) is 0.846. The Kier molecular flexibility index (Phi) is 5.75. The largest absolute Gasteiger partial charge is 0.383 e. The van der Waals surface area contributed by atoms with Gasteiger partial charge in [0.2, 0.25) is 0 Å². The molecule has 1 fully saturated rings. The molecule has 6 nitrogen and oxygen atoms in total. The maximum absolute atomic E-state index is 5.06. The SMILES string of the molecule is COCCNCC1CCCCN1Cc1cn(C)nn1. The third-order valence-corrected chi connectivity index (χ3v) is 3.63. The highest BCUT2D eigenvalue weighted by Gasteiger charge is 2.22. The first-order chi connectivity index (χ1) is 9.29. The predicted octanol–water partition coefficient (Wildman–Crippen LogP) is 0.406. The Morgan fingerprint density at radius 2 is 2.37 bits per heavy atom. The standard InChI is InChI=1S/C13H25N5O/c1-17-10-12(15-16-17)11-18-7-4-3-5-13(18)9-14-6-8-19-2/h10,13-14H,3-9,11H2,1-2H3. The number of rotatable bonds is 7. The molecule has 1 aromatic heterocycles. The Balaban J connectivity index is 1.81. The lowest BCUT2D eigenvalue weighted by molar-refractivity contribution is 0.131. The van der Waals surface area contributed by atoms with Gasteiger partial charge in [-0.25, -0.2) is 0 Å². The summed E-state index contributed by atoms with van der Waals surface area (Å²) in [6.07, 6.45) is 5.88. The highest BCUT2D eigenvalue weighted by molar-refractivity contribution is 4.94. The Hall–Kier alpha value is -0.980. The third-order valence-electron chi connectivity index (χ3n) is 3.63. The van der Waals surface area contributed by atoms with Crippen molar-refractivity contribution in [3.8, 4) is 0 Å². The molecule has 1 atom stereocenters. The summed E-state index contributed by atoms with van der Waals surface area (Å²) in [7, 11) is 3.65. The number of nitrogens with zero attached hydrogens (tertiary/aromatic N) is 4. The van der Waals surface area contributed by atoms with E-state index in [1.54, 1.807) is 11.8 Å². The molecule has 1 aliphatic rings. The number of ether oxygens (including phenoxy) is 1. The van der Waals surface area contributed by atoms with Gasteiger partial charge >= 0.3 is 0 Å². The predicted molar refractivity (Wildman–Crippen MR) is 73.8 cm³/mol. The van der Waals surface area contributed by atoms with Gasteiger partial charge in [-0.15, -0.1) is 5.10 Å². The number of nitrogens with one attached hydrogen (secondary N) is 1. The van der Waals surface area contributed by atoms with E-state index in [1.165, 1.54) is 19.3 Å². The zero-order valence-electron chi connectivity index (χ0n) is 12.0. The summed E-state index contributed by atoms with van der Waals surface area (Å²) in [4.78, 5) is 2.52. The Labute approximate surface area is 115 Å². The molecule has 0 aromatic carbocycles.